The summed E-state index contributed by atoms with van der Waals surface area (Å²) >= 11 is 0. The third-order valence-corrected chi connectivity index (χ3v) is 3.12. The second-order valence-electron chi connectivity index (χ2n) is 6.13. The fourth-order valence-electron chi connectivity index (χ4n) is 1.89. The number of rotatable bonds is 8. The van der Waals surface area contributed by atoms with Crippen molar-refractivity contribution in [3.63, 3.8) is 0 Å². The molecule has 0 bridgehead atoms. The van der Waals surface area contributed by atoms with Crippen molar-refractivity contribution in [3.8, 4) is 0 Å². The van der Waals surface area contributed by atoms with E-state index < -0.39 is 0 Å². The minimum Gasteiger partial charge on any atom is -0.382 e. The Bertz CT molecular complexity index is 441. The molecule has 1 aromatic heterocycles. The number of hydrogen-bond acceptors (Lipinski definition) is 5. The number of anilines is 2. The van der Waals surface area contributed by atoms with Crippen LogP contribution in [-0.4, -0.2) is 36.3 Å². The molecule has 1 heterocycles. The van der Waals surface area contributed by atoms with E-state index in [2.05, 4.69) is 50.2 Å². The normalized spacial score (nSPS) is 11.5. The van der Waals surface area contributed by atoms with E-state index in [1.165, 1.54) is 0 Å². The lowest BCUT2D eigenvalue weighted by atomic mass is 9.95. The van der Waals surface area contributed by atoms with Gasteiger partial charge in [0.05, 0.1) is 0 Å². The first kappa shape index (κ1) is 17.7. The zero-order chi connectivity index (χ0) is 15.9. The molecule has 0 aliphatic carbocycles. The minimum absolute atomic E-state index is 0.0698. The van der Waals surface area contributed by atoms with Crippen molar-refractivity contribution >= 4 is 11.6 Å². The molecule has 0 radical (unpaired) electrons. The van der Waals surface area contributed by atoms with Gasteiger partial charge in [-0.25, -0.2) is 9.97 Å². The monoisotopic (exact) mass is 294 g/mol. The maximum Gasteiger partial charge on any atom is 0.138 e. The maximum absolute atomic E-state index is 5.36. The van der Waals surface area contributed by atoms with Gasteiger partial charge in [0.15, 0.2) is 0 Å². The lowest BCUT2D eigenvalue weighted by molar-refractivity contribution is 0.147. The predicted octanol–water partition coefficient (Wildman–Crippen LogP) is 3.35. The van der Waals surface area contributed by atoms with Gasteiger partial charge in [-0.05, 0) is 27.2 Å². The lowest BCUT2D eigenvalue weighted by Gasteiger charge is -2.21. The molecule has 1 aromatic rings. The third-order valence-electron chi connectivity index (χ3n) is 3.12. The average Bonchev–Trinajstić information content (AvgIpc) is 2.41. The van der Waals surface area contributed by atoms with Gasteiger partial charge in [0.25, 0.3) is 0 Å². The Morgan fingerprint density at radius 2 is 1.67 bits per heavy atom. The Labute approximate surface area is 128 Å². The van der Waals surface area contributed by atoms with Gasteiger partial charge < -0.3 is 15.4 Å². The smallest absolute Gasteiger partial charge is 0.138 e. The number of ether oxygens (including phenoxy) is 1. The standard InChI is InChI=1S/C16H30N4O/c1-7-17-13-12(3)14(18-10-9-11-21-8-2)20-15(19-13)16(4,5)6/h7-11H2,1-6H3,(H2,17,18,19,20). The van der Waals surface area contributed by atoms with Gasteiger partial charge in [-0.15, -0.1) is 0 Å². The number of nitrogens with one attached hydrogen (secondary N) is 2. The molecule has 0 saturated heterocycles. The number of nitrogens with zero attached hydrogens (tertiary/aromatic N) is 2. The van der Waals surface area contributed by atoms with Crippen LogP contribution < -0.4 is 10.6 Å². The summed E-state index contributed by atoms with van der Waals surface area (Å²) in [6.07, 6.45) is 0.971. The molecule has 0 fully saturated rings. The van der Waals surface area contributed by atoms with Crippen LogP contribution in [0.4, 0.5) is 11.6 Å². The van der Waals surface area contributed by atoms with Crippen LogP contribution in [0.1, 0.15) is 52.4 Å². The summed E-state index contributed by atoms with van der Waals surface area (Å²) < 4.78 is 5.36. The molecule has 1 rings (SSSR count). The highest BCUT2D eigenvalue weighted by Gasteiger charge is 2.20. The number of hydrogen-bond donors (Lipinski definition) is 2. The summed E-state index contributed by atoms with van der Waals surface area (Å²) in [6.45, 7) is 15.8. The number of aromatic nitrogens is 2. The van der Waals surface area contributed by atoms with Crippen LogP contribution in [0.15, 0.2) is 0 Å². The minimum atomic E-state index is -0.0698. The van der Waals surface area contributed by atoms with Crippen LogP contribution in [0.2, 0.25) is 0 Å². The van der Waals surface area contributed by atoms with E-state index in [0.717, 1.165) is 55.7 Å². The van der Waals surface area contributed by atoms with Gasteiger partial charge in [0, 0.05) is 37.3 Å². The predicted molar refractivity (Wildman–Crippen MR) is 89.2 cm³/mol. The second kappa shape index (κ2) is 8.17. The van der Waals surface area contributed by atoms with Crippen LogP contribution in [0.5, 0.6) is 0 Å². The van der Waals surface area contributed by atoms with Crippen molar-refractivity contribution < 1.29 is 4.74 Å². The zero-order valence-corrected chi connectivity index (χ0v) is 14.3. The second-order valence-corrected chi connectivity index (χ2v) is 6.13. The van der Waals surface area contributed by atoms with Crippen LogP contribution in [-0.2, 0) is 10.2 Å². The van der Waals surface area contributed by atoms with E-state index in [9.17, 15) is 0 Å². The molecule has 0 aliphatic rings. The molecular formula is C16H30N4O. The molecule has 5 heteroatoms. The summed E-state index contributed by atoms with van der Waals surface area (Å²) in [6, 6.07) is 0. The van der Waals surface area contributed by atoms with E-state index in [0.29, 0.717) is 0 Å². The van der Waals surface area contributed by atoms with E-state index in [1.54, 1.807) is 0 Å². The van der Waals surface area contributed by atoms with Gasteiger partial charge in [-0.2, -0.15) is 0 Å². The Balaban J connectivity index is 2.87. The molecule has 0 atom stereocenters. The van der Waals surface area contributed by atoms with Crippen molar-refractivity contribution in [2.24, 2.45) is 0 Å². The fraction of sp³-hybridized carbons (Fsp3) is 0.750. The van der Waals surface area contributed by atoms with E-state index in [1.807, 2.05) is 6.92 Å². The Kier molecular flexibility index (Phi) is 6.89. The van der Waals surface area contributed by atoms with Crippen LogP contribution >= 0.6 is 0 Å². The van der Waals surface area contributed by atoms with E-state index in [-0.39, 0.29) is 5.41 Å². The molecule has 0 spiro atoms. The van der Waals surface area contributed by atoms with Crippen molar-refractivity contribution in [2.45, 2.75) is 53.4 Å². The highest BCUT2D eigenvalue weighted by molar-refractivity contribution is 5.57. The summed E-state index contributed by atoms with van der Waals surface area (Å²) in [7, 11) is 0. The molecule has 5 nitrogen and oxygen atoms in total. The fourth-order valence-corrected chi connectivity index (χ4v) is 1.89. The van der Waals surface area contributed by atoms with Gasteiger partial charge >= 0.3 is 0 Å². The van der Waals surface area contributed by atoms with Crippen molar-refractivity contribution in [1.29, 1.82) is 0 Å². The first-order chi connectivity index (χ1) is 9.90. The van der Waals surface area contributed by atoms with Gasteiger partial charge in [0.2, 0.25) is 0 Å². The van der Waals surface area contributed by atoms with Gasteiger partial charge in [-0.3, -0.25) is 0 Å². The largest absolute Gasteiger partial charge is 0.382 e. The molecule has 0 amide bonds. The summed E-state index contributed by atoms with van der Waals surface area (Å²) in [5.74, 6) is 2.70. The van der Waals surface area contributed by atoms with Crippen LogP contribution in [0.3, 0.4) is 0 Å². The first-order valence-corrected chi connectivity index (χ1v) is 7.84. The Morgan fingerprint density at radius 3 is 2.19 bits per heavy atom. The van der Waals surface area contributed by atoms with Gasteiger partial charge in [0.1, 0.15) is 17.5 Å². The van der Waals surface area contributed by atoms with Crippen molar-refractivity contribution in [3.05, 3.63) is 11.4 Å². The zero-order valence-electron chi connectivity index (χ0n) is 14.3. The van der Waals surface area contributed by atoms with Crippen LogP contribution in [0.25, 0.3) is 0 Å². The molecule has 21 heavy (non-hydrogen) atoms. The summed E-state index contributed by atoms with van der Waals surface area (Å²) in [5, 5.41) is 6.74. The molecule has 0 aliphatic heterocycles. The summed E-state index contributed by atoms with van der Waals surface area (Å²) in [5.41, 5.74) is 1.00. The highest BCUT2D eigenvalue weighted by atomic mass is 16.5. The molecule has 0 unspecified atom stereocenters. The van der Waals surface area contributed by atoms with Crippen molar-refractivity contribution in [1.82, 2.24) is 9.97 Å². The molecule has 120 valence electrons. The third kappa shape index (κ3) is 5.50. The topological polar surface area (TPSA) is 59.1 Å². The summed E-state index contributed by atoms with van der Waals surface area (Å²) in [4.78, 5) is 9.37. The molecule has 0 saturated carbocycles. The SMILES string of the molecule is CCNc1nc(C(C)(C)C)nc(NCCCOCC)c1C. The lowest BCUT2D eigenvalue weighted by Crippen LogP contribution is -2.20. The molecule has 0 aromatic carbocycles. The molecule has 2 N–H and O–H groups in total. The first-order valence-electron chi connectivity index (χ1n) is 7.84. The highest BCUT2D eigenvalue weighted by Crippen LogP contribution is 2.26. The van der Waals surface area contributed by atoms with E-state index in [4.69, 9.17) is 9.72 Å². The molecular weight excluding hydrogens is 264 g/mol. The van der Waals surface area contributed by atoms with Crippen LogP contribution in [0, 0.1) is 6.92 Å². The van der Waals surface area contributed by atoms with Gasteiger partial charge in [-0.1, -0.05) is 20.8 Å². The maximum atomic E-state index is 5.36. The van der Waals surface area contributed by atoms with E-state index >= 15 is 0 Å². The average molecular weight is 294 g/mol. The quantitative estimate of drug-likeness (QED) is 0.720. The van der Waals surface area contributed by atoms with Crippen molar-refractivity contribution in [2.75, 3.05) is 36.9 Å². The Hall–Kier alpha value is -1.36. The Morgan fingerprint density at radius 1 is 1.05 bits per heavy atom.